The summed E-state index contributed by atoms with van der Waals surface area (Å²) in [6.45, 7) is 0.984. The van der Waals surface area contributed by atoms with Crippen LogP contribution in [0.15, 0.2) is 60.7 Å². The third-order valence-corrected chi connectivity index (χ3v) is 6.14. The van der Waals surface area contributed by atoms with Crippen molar-refractivity contribution in [1.82, 2.24) is 4.57 Å². The Kier molecular flexibility index (Phi) is 5.94. The summed E-state index contributed by atoms with van der Waals surface area (Å²) >= 11 is 1.50. The molecule has 3 aromatic carbocycles. The Labute approximate surface area is 175 Å². The van der Waals surface area contributed by atoms with Gasteiger partial charge in [0, 0.05) is 0 Å². The zero-order valence-corrected chi connectivity index (χ0v) is 17.3. The van der Waals surface area contributed by atoms with Gasteiger partial charge in [0.05, 0.1) is 0 Å². The molecular formula is C24H22F2NTi. The summed E-state index contributed by atoms with van der Waals surface area (Å²) in [6.07, 6.45) is 4.83. The number of unbranched alkanes of at least 4 members (excludes halogenated alkanes) is 3. The Bertz CT molecular complexity index is 1060. The average molecular weight is 410 g/mol. The molecule has 0 aliphatic rings. The molecule has 28 heavy (non-hydrogen) atoms. The number of hydrogen-bond acceptors (Lipinski definition) is 0. The topological polar surface area (TPSA) is 4.93 Å². The van der Waals surface area contributed by atoms with Gasteiger partial charge in [-0.05, 0) is 0 Å². The van der Waals surface area contributed by atoms with E-state index in [4.69, 9.17) is 0 Å². The second-order valence-electron chi connectivity index (χ2n) is 7.25. The first-order valence-corrected chi connectivity index (χ1v) is 10.6. The second kappa shape index (κ2) is 8.59. The number of rotatable bonds is 7. The molecule has 1 nitrogen and oxygen atoms in total. The van der Waals surface area contributed by atoms with Crippen molar-refractivity contribution in [2.75, 3.05) is 0 Å². The van der Waals surface area contributed by atoms with E-state index in [1.165, 1.54) is 48.3 Å². The molecule has 141 valence electrons. The molecule has 0 N–H and O–H groups in total. The molecule has 0 aliphatic carbocycles. The van der Waals surface area contributed by atoms with Crippen LogP contribution in [0.3, 0.4) is 0 Å². The van der Waals surface area contributed by atoms with Crippen LogP contribution in [0.1, 0.15) is 31.2 Å². The predicted octanol–water partition coefficient (Wildman–Crippen LogP) is 6.05. The van der Waals surface area contributed by atoms with Gasteiger partial charge in [-0.25, -0.2) is 0 Å². The van der Waals surface area contributed by atoms with Crippen LogP contribution in [0.25, 0.3) is 21.8 Å². The standard InChI is InChI=1S/C24H22F2N.Ti/c25-19-15-14-18(22(26)17-19)9-3-1-2-8-16-27-23-12-6-4-10-20(23)21-11-5-7-13-24(21)27;/h4-7,10-15H,1-3,8-9,16H2;. The summed E-state index contributed by atoms with van der Waals surface area (Å²) in [4.78, 5) is 0. The van der Waals surface area contributed by atoms with Crippen LogP contribution in [0.2, 0.25) is 0 Å². The predicted molar refractivity (Wildman–Crippen MR) is 108 cm³/mol. The monoisotopic (exact) mass is 410 g/mol. The molecule has 1 heterocycles. The zero-order chi connectivity index (χ0) is 19.5. The van der Waals surface area contributed by atoms with Crippen molar-refractivity contribution in [2.45, 2.75) is 38.6 Å². The Morgan fingerprint density at radius 3 is 2.00 bits per heavy atom. The Morgan fingerprint density at radius 1 is 0.714 bits per heavy atom. The molecule has 4 heteroatoms. The molecule has 0 radical (unpaired) electrons. The van der Waals surface area contributed by atoms with Gasteiger partial charge in [-0.2, -0.15) is 0 Å². The maximum absolute atomic E-state index is 14.1. The van der Waals surface area contributed by atoms with Crippen molar-refractivity contribution < 1.29 is 29.2 Å². The van der Waals surface area contributed by atoms with E-state index in [9.17, 15) is 8.78 Å². The minimum absolute atomic E-state index is 0.129. The van der Waals surface area contributed by atoms with E-state index in [1.54, 1.807) is 6.07 Å². The van der Waals surface area contributed by atoms with E-state index in [-0.39, 0.29) is 9.69 Å². The van der Waals surface area contributed by atoms with E-state index in [2.05, 4.69) is 53.1 Å². The van der Waals surface area contributed by atoms with E-state index in [0.717, 1.165) is 32.2 Å². The van der Waals surface area contributed by atoms with Crippen LogP contribution in [0.5, 0.6) is 0 Å². The van der Waals surface area contributed by atoms with Crippen molar-refractivity contribution in [2.24, 2.45) is 0 Å². The van der Waals surface area contributed by atoms with Crippen molar-refractivity contribution in [3.05, 3.63) is 77.9 Å². The van der Waals surface area contributed by atoms with Crippen molar-refractivity contribution in [3.8, 4) is 0 Å². The van der Waals surface area contributed by atoms with Crippen LogP contribution in [-0.4, -0.2) is 4.57 Å². The molecule has 0 amide bonds. The molecule has 4 aromatic rings. The first-order chi connectivity index (χ1) is 13.7. The molecule has 0 aliphatic heterocycles. The van der Waals surface area contributed by atoms with Gasteiger partial charge in [-0.15, -0.1) is 0 Å². The maximum atomic E-state index is 14.1. The Morgan fingerprint density at radius 2 is 1.32 bits per heavy atom. The van der Waals surface area contributed by atoms with Crippen molar-refractivity contribution in [3.63, 3.8) is 0 Å². The van der Waals surface area contributed by atoms with Crippen LogP contribution in [0, 0.1) is 11.6 Å². The minimum atomic E-state index is -0.465. The van der Waals surface area contributed by atoms with Gasteiger partial charge in [0.15, 0.2) is 0 Å². The number of benzene rings is 3. The van der Waals surface area contributed by atoms with Gasteiger partial charge in [0.2, 0.25) is 0 Å². The average Bonchev–Trinajstić information content (AvgIpc) is 3.04. The number of aromatic nitrogens is 1. The van der Waals surface area contributed by atoms with E-state index in [1.807, 2.05) is 0 Å². The first kappa shape index (κ1) is 19.4. The van der Waals surface area contributed by atoms with Crippen LogP contribution in [-0.2, 0) is 33.4 Å². The third-order valence-electron chi connectivity index (χ3n) is 5.43. The summed E-state index contributed by atoms with van der Waals surface area (Å²) in [5, 5.41) is 2.61. The number of hydrogen-bond donors (Lipinski definition) is 0. The third kappa shape index (κ3) is 3.79. The molecule has 0 saturated carbocycles. The van der Waals surface area contributed by atoms with Gasteiger partial charge in [0.25, 0.3) is 0 Å². The molecule has 4 rings (SSSR count). The van der Waals surface area contributed by atoms with Crippen molar-refractivity contribution >= 4 is 25.7 Å². The fourth-order valence-electron chi connectivity index (χ4n) is 3.97. The number of fused-ring (bicyclic) bond motifs is 3. The summed E-state index contributed by atoms with van der Waals surface area (Å²) in [6, 6.07) is 20.1. The number of aryl methyl sites for hydroxylation is 2. The van der Waals surface area contributed by atoms with Gasteiger partial charge >= 0.3 is 140 Å². The number of halogens is 2. The summed E-state index contributed by atoms with van der Waals surface area (Å²) in [7, 11) is 0. The summed E-state index contributed by atoms with van der Waals surface area (Å²) < 4.78 is 30.0. The quantitative estimate of drug-likeness (QED) is 0.258. The molecular weight excluding hydrogens is 388 g/mol. The van der Waals surface area contributed by atoms with Crippen LogP contribution in [0.4, 0.5) is 8.78 Å². The number of para-hydroxylation sites is 2. The second-order valence-corrected chi connectivity index (χ2v) is 8.03. The fourth-order valence-corrected chi connectivity index (χ4v) is 4.35. The molecule has 0 bridgehead atoms. The zero-order valence-electron chi connectivity index (χ0n) is 15.7. The molecule has 0 spiro atoms. The summed E-state index contributed by atoms with van der Waals surface area (Å²) in [5.74, 6) is -0.849. The van der Waals surface area contributed by atoms with Crippen LogP contribution < -0.4 is 3.87 Å². The molecule has 1 aromatic heterocycles. The van der Waals surface area contributed by atoms with E-state index < -0.39 is 5.82 Å². The van der Waals surface area contributed by atoms with Gasteiger partial charge in [-0.3, -0.25) is 0 Å². The molecule has 0 fully saturated rings. The summed E-state index contributed by atoms with van der Waals surface area (Å²) in [5.41, 5.74) is 3.20. The van der Waals surface area contributed by atoms with Crippen molar-refractivity contribution in [1.29, 1.82) is 0 Å². The van der Waals surface area contributed by atoms with E-state index in [0.29, 0.717) is 12.0 Å². The molecule has 0 atom stereocenters. The van der Waals surface area contributed by atoms with Gasteiger partial charge in [0.1, 0.15) is 0 Å². The molecule has 0 unspecified atom stereocenters. The van der Waals surface area contributed by atoms with Gasteiger partial charge < -0.3 is 0 Å². The normalized spacial score (nSPS) is 11.5. The Balaban J connectivity index is 1.35. The van der Waals surface area contributed by atoms with E-state index >= 15 is 0 Å². The van der Waals surface area contributed by atoms with Gasteiger partial charge in [-0.1, -0.05) is 36.4 Å². The number of nitrogens with zero attached hydrogens (tertiary/aromatic N) is 1. The molecule has 0 saturated heterocycles. The van der Waals surface area contributed by atoms with Crippen LogP contribution >= 0.6 is 0 Å². The first-order valence-electron chi connectivity index (χ1n) is 9.81. The SMILES string of the molecule is Fc1ccc(CCCCCCn2c3ccccc3c3ccccc32)c(F)[c]1[Ti]. The fraction of sp³-hybridized carbons (Fsp3) is 0.250. The Hall–Kier alpha value is -1.97.